The molecule has 2 heterocycles. The van der Waals surface area contributed by atoms with Crippen LogP contribution in [0, 0.1) is 0 Å². The van der Waals surface area contributed by atoms with Gasteiger partial charge in [-0.2, -0.15) is 5.10 Å². The lowest BCUT2D eigenvalue weighted by Crippen LogP contribution is -2.35. The largest absolute Gasteiger partial charge is 0.451 e. The summed E-state index contributed by atoms with van der Waals surface area (Å²) < 4.78 is 6.74. The van der Waals surface area contributed by atoms with E-state index in [4.69, 9.17) is 4.74 Å². The van der Waals surface area contributed by atoms with Gasteiger partial charge in [0, 0.05) is 18.9 Å². The minimum atomic E-state index is -0.617. The number of aromatic nitrogens is 2. The third-order valence-corrected chi connectivity index (χ3v) is 4.63. The Morgan fingerprint density at radius 2 is 1.96 bits per heavy atom. The molecule has 1 saturated heterocycles. The molecular weight excluding hydrogens is 334 g/mol. The first-order valence-electron chi connectivity index (χ1n) is 8.79. The monoisotopic (exact) mass is 353 g/mol. The summed E-state index contributed by atoms with van der Waals surface area (Å²) in [6, 6.07) is 11.1. The van der Waals surface area contributed by atoms with Crippen LogP contribution in [0.15, 0.2) is 36.4 Å². The van der Waals surface area contributed by atoms with Gasteiger partial charge in [0.15, 0.2) is 12.3 Å². The van der Waals surface area contributed by atoms with Crippen molar-refractivity contribution in [3.05, 3.63) is 47.8 Å². The van der Waals surface area contributed by atoms with Crippen LogP contribution in [0.4, 0.5) is 0 Å². The fourth-order valence-electron chi connectivity index (χ4n) is 3.08. The fraction of sp³-hybridized carbons (Fsp3) is 0.368. The summed E-state index contributed by atoms with van der Waals surface area (Å²) in [4.78, 5) is 37.4. The minimum Gasteiger partial charge on any atom is -0.451 e. The highest BCUT2D eigenvalue weighted by Gasteiger charge is 2.31. The Hall–Kier alpha value is -2.96. The molecular formula is C19H19N3O4. The summed E-state index contributed by atoms with van der Waals surface area (Å²) in [5.74, 6) is -0.922. The van der Waals surface area contributed by atoms with Gasteiger partial charge in [0.1, 0.15) is 0 Å². The van der Waals surface area contributed by atoms with Crippen LogP contribution < -0.4 is 0 Å². The molecule has 4 rings (SSSR count). The SMILES string of the molecule is O=C(OCC(=O)N1CCCC1=O)c1cc(C2CC2)nn1-c1ccccc1. The molecule has 0 radical (unpaired) electrons. The van der Waals surface area contributed by atoms with Crippen molar-refractivity contribution in [1.29, 1.82) is 0 Å². The van der Waals surface area contributed by atoms with Gasteiger partial charge in [-0.1, -0.05) is 18.2 Å². The van der Waals surface area contributed by atoms with Crippen molar-refractivity contribution >= 4 is 17.8 Å². The number of nitrogens with zero attached hydrogens (tertiary/aromatic N) is 3. The number of likely N-dealkylation sites (tertiary alicyclic amines) is 1. The van der Waals surface area contributed by atoms with Gasteiger partial charge < -0.3 is 4.74 Å². The van der Waals surface area contributed by atoms with Crippen molar-refractivity contribution < 1.29 is 19.1 Å². The maximum atomic E-state index is 12.6. The standard InChI is InChI=1S/C19H19N3O4/c23-17-7-4-10-21(17)18(24)12-26-19(25)16-11-15(13-8-9-13)20-22(16)14-5-2-1-3-6-14/h1-3,5-6,11,13H,4,7-10,12H2. The molecule has 1 saturated carbocycles. The molecule has 2 aliphatic rings. The Bertz CT molecular complexity index is 855. The van der Waals surface area contributed by atoms with E-state index in [-0.39, 0.29) is 5.91 Å². The molecule has 1 aromatic carbocycles. The third-order valence-electron chi connectivity index (χ3n) is 4.63. The van der Waals surface area contributed by atoms with Crippen molar-refractivity contribution in [1.82, 2.24) is 14.7 Å². The average Bonchev–Trinajstić information content (AvgIpc) is 3.26. The van der Waals surface area contributed by atoms with Gasteiger partial charge in [-0.25, -0.2) is 9.48 Å². The minimum absolute atomic E-state index is 0.212. The van der Waals surface area contributed by atoms with E-state index < -0.39 is 18.5 Å². The van der Waals surface area contributed by atoms with E-state index >= 15 is 0 Å². The summed E-state index contributed by atoms with van der Waals surface area (Å²) in [7, 11) is 0. The van der Waals surface area contributed by atoms with Gasteiger partial charge in [0.25, 0.3) is 5.91 Å². The zero-order chi connectivity index (χ0) is 18.1. The van der Waals surface area contributed by atoms with Crippen molar-refractivity contribution in [2.45, 2.75) is 31.6 Å². The highest BCUT2D eigenvalue weighted by atomic mass is 16.5. The lowest BCUT2D eigenvalue weighted by molar-refractivity contribution is -0.143. The molecule has 134 valence electrons. The third kappa shape index (κ3) is 3.24. The molecule has 0 unspecified atom stereocenters. The topological polar surface area (TPSA) is 81.5 Å². The van der Waals surface area contributed by atoms with E-state index in [0.29, 0.717) is 31.0 Å². The highest BCUT2D eigenvalue weighted by molar-refractivity contribution is 5.98. The predicted octanol–water partition coefficient (Wildman–Crippen LogP) is 2.06. The Kier molecular flexibility index (Phi) is 4.28. The quantitative estimate of drug-likeness (QED) is 0.769. The number of para-hydroxylation sites is 1. The molecule has 2 amide bonds. The Morgan fingerprint density at radius 1 is 1.19 bits per heavy atom. The number of esters is 1. The van der Waals surface area contributed by atoms with E-state index in [9.17, 15) is 14.4 Å². The Morgan fingerprint density at radius 3 is 2.62 bits per heavy atom. The van der Waals surface area contributed by atoms with Gasteiger partial charge in [-0.15, -0.1) is 0 Å². The maximum absolute atomic E-state index is 12.6. The summed E-state index contributed by atoms with van der Waals surface area (Å²) >= 11 is 0. The van der Waals surface area contributed by atoms with Crippen LogP contribution in [0.1, 0.15) is 47.8 Å². The van der Waals surface area contributed by atoms with E-state index in [1.165, 1.54) is 0 Å². The normalized spacial score (nSPS) is 16.8. The van der Waals surface area contributed by atoms with Crippen LogP contribution in [0.2, 0.25) is 0 Å². The highest BCUT2D eigenvalue weighted by Crippen LogP contribution is 2.39. The average molecular weight is 353 g/mol. The molecule has 0 N–H and O–H groups in total. The second-order valence-electron chi connectivity index (χ2n) is 6.59. The number of ether oxygens (including phenoxy) is 1. The lowest BCUT2D eigenvalue weighted by Gasteiger charge is -2.13. The van der Waals surface area contributed by atoms with Crippen LogP contribution >= 0.6 is 0 Å². The van der Waals surface area contributed by atoms with Gasteiger partial charge in [0.05, 0.1) is 11.4 Å². The number of amides is 2. The second-order valence-corrected chi connectivity index (χ2v) is 6.59. The summed E-state index contributed by atoms with van der Waals surface area (Å²) in [5, 5.41) is 4.55. The zero-order valence-corrected chi connectivity index (χ0v) is 14.3. The van der Waals surface area contributed by atoms with E-state index in [2.05, 4.69) is 5.10 Å². The number of benzene rings is 1. The van der Waals surface area contributed by atoms with Gasteiger partial charge in [-0.05, 0) is 37.5 Å². The first-order chi connectivity index (χ1) is 12.6. The predicted molar refractivity (Wildman–Crippen MR) is 91.8 cm³/mol. The van der Waals surface area contributed by atoms with Crippen molar-refractivity contribution in [2.75, 3.05) is 13.2 Å². The molecule has 0 bridgehead atoms. The first kappa shape index (κ1) is 16.5. The summed E-state index contributed by atoms with van der Waals surface area (Å²) in [6.45, 7) is -0.0493. The van der Waals surface area contributed by atoms with E-state index in [1.54, 1.807) is 10.7 Å². The molecule has 7 nitrogen and oxygen atoms in total. The van der Waals surface area contributed by atoms with Gasteiger partial charge in [-0.3, -0.25) is 14.5 Å². The molecule has 7 heteroatoms. The number of imide groups is 1. The number of carbonyl (C=O) groups is 3. The summed E-state index contributed by atoms with van der Waals surface area (Å²) in [6.07, 6.45) is 3.15. The molecule has 2 fully saturated rings. The number of hydrogen-bond acceptors (Lipinski definition) is 5. The van der Waals surface area contributed by atoms with Crippen LogP contribution in [0.3, 0.4) is 0 Å². The zero-order valence-electron chi connectivity index (χ0n) is 14.3. The molecule has 2 aromatic rings. The molecule has 0 atom stereocenters. The molecule has 26 heavy (non-hydrogen) atoms. The van der Waals surface area contributed by atoms with Crippen molar-refractivity contribution in [3.8, 4) is 5.69 Å². The molecule has 0 spiro atoms. The first-order valence-corrected chi connectivity index (χ1v) is 8.79. The molecule has 1 aliphatic carbocycles. The Balaban J connectivity index is 1.51. The smallest absolute Gasteiger partial charge is 0.357 e. The van der Waals surface area contributed by atoms with E-state index in [0.717, 1.165) is 29.1 Å². The fourth-order valence-corrected chi connectivity index (χ4v) is 3.08. The van der Waals surface area contributed by atoms with Crippen LogP contribution in [0.5, 0.6) is 0 Å². The van der Waals surface area contributed by atoms with E-state index in [1.807, 2.05) is 30.3 Å². The lowest BCUT2D eigenvalue weighted by atomic mass is 10.2. The van der Waals surface area contributed by atoms with Crippen LogP contribution in [0.25, 0.3) is 5.69 Å². The van der Waals surface area contributed by atoms with Crippen molar-refractivity contribution in [3.63, 3.8) is 0 Å². The van der Waals surface area contributed by atoms with Crippen molar-refractivity contribution in [2.24, 2.45) is 0 Å². The number of hydrogen-bond donors (Lipinski definition) is 0. The summed E-state index contributed by atoms with van der Waals surface area (Å²) in [5.41, 5.74) is 1.91. The second kappa shape index (κ2) is 6.74. The number of rotatable bonds is 5. The van der Waals surface area contributed by atoms with Gasteiger partial charge >= 0.3 is 5.97 Å². The molecule has 1 aliphatic heterocycles. The van der Waals surface area contributed by atoms with Crippen LogP contribution in [-0.4, -0.2) is 45.6 Å². The van der Waals surface area contributed by atoms with Gasteiger partial charge in [0.2, 0.25) is 5.91 Å². The maximum Gasteiger partial charge on any atom is 0.357 e. The molecule has 1 aromatic heterocycles. The number of carbonyl (C=O) groups excluding carboxylic acids is 3. The van der Waals surface area contributed by atoms with Crippen LogP contribution in [-0.2, 0) is 14.3 Å². The Labute approximate surface area is 150 Å².